The summed E-state index contributed by atoms with van der Waals surface area (Å²) in [4.78, 5) is 37.5. The molecule has 0 atom stereocenters. The molecule has 0 aliphatic heterocycles. The van der Waals surface area contributed by atoms with Crippen LogP contribution in [-0.4, -0.2) is 37.2 Å². The predicted molar refractivity (Wildman–Crippen MR) is 224 cm³/mol. The van der Waals surface area contributed by atoms with Crippen molar-refractivity contribution in [2.75, 3.05) is 13.2 Å². The minimum absolute atomic E-state index is 0.0641. The van der Waals surface area contributed by atoms with Gasteiger partial charge in [0.05, 0.1) is 0 Å². The van der Waals surface area contributed by atoms with Gasteiger partial charge in [0, 0.05) is 19.3 Å². The molecule has 53 heavy (non-hydrogen) atoms. The molecule has 0 spiro atoms. The standard InChI is InChI=1S/C47H90O6/c1-4-7-10-13-15-17-19-21-23-25-27-29-31-34-36-39-45(48)51-42-44(53-47(50)41-38-33-12-9-6-3)43-52-46(49)40-37-35-32-30-28-26-24-22-20-18-16-14-11-8-5-2/h44H,4-43H2,1-3H3/i39+1,40+1. The minimum Gasteiger partial charge on any atom is -0.462 e. The van der Waals surface area contributed by atoms with Crippen molar-refractivity contribution in [1.29, 1.82) is 0 Å². The number of hydrogen-bond acceptors (Lipinski definition) is 6. The van der Waals surface area contributed by atoms with Crippen molar-refractivity contribution in [3.8, 4) is 0 Å². The smallest absolute Gasteiger partial charge is 0.306 e. The Hall–Kier alpha value is -1.59. The first-order valence-electron chi connectivity index (χ1n) is 23.5. The van der Waals surface area contributed by atoms with Crippen LogP contribution in [-0.2, 0) is 28.6 Å². The topological polar surface area (TPSA) is 78.9 Å². The summed E-state index contributed by atoms with van der Waals surface area (Å²) in [5.74, 6) is -0.864. The summed E-state index contributed by atoms with van der Waals surface area (Å²) in [6.07, 6.45) is 44.0. The fraction of sp³-hybridized carbons (Fsp3) is 0.936. The second kappa shape index (κ2) is 43.1. The summed E-state index contributed by atoms with van der Waals surface area (Å²) in [5, 5.41) is 0. The van der Waals surface area contributed by atoms with Crippen LogP contribution >= 0.6 is 0 Å². The number of unbranched alkanes of at least 4 members (excludes halogenated alkanes) is 32. The van der Waals surface area contributed by atoms with Gasteiger partial charge in [0.15, 0.2) is 6.10 Å². The number of esters is 3. The first-order chi connectivity index (χ1) is 26.0. The van der Waals surface area contributed by atoms with Gasteiger partial charge in [-0.3, -0.25) is 14.4 Å². The number of hydrogen-bond donors (Lipinski definition) is 0. The van der Waals surface area contributed by atoms with Crippen LogP contribution in [0.4, 0.5) is 0 Å². The molecule has 0 aromatic rings. The third-order valence-corrected chi connectivity index (χ3v) is 10.6. The van der Waals surface area contributed by atoms with E-state index in [0.717, 1.165) is 64.2 Å². The molecule has 0 radical (unpaired) electrons. The van der Waals surface area contributed by atoms with Crippen LogP contribution in [0.2, 0.25) is 0 Å². The van der Waals surface area contributed by atoms with Gasteiger partial charge in [-0.25, -0.2) is 0 Å². The summed E-state index contributed by atoms with van der Waals surface area (Å²) in [5.41, 5.74) is 0. The summed E-state index contributed by atoms with van der Waals surface area (Å²) >= 11 is 0. The van der Waals surface area contributed by atoms with Gasteiger partial charge in [0.2, 0.25) is 0 Å². The van der Waals surface area contributed by atoms with Gasteiger partial charge in [0.1, 0.15) is 13.2 Å². The van der Waals surface area contributed by atoms with E-state index in [1.165, 1.54) is 161 Å². The molecule has 0 aromatic heterocycles. The van der Waals surface area contributed by atoms with E-state index in [-0.39, 0.29) is 31.1 Å². The van der Waals surface area contributed by atoms with Crippen molar-refractivity contribution in [3.63, 3.8) is 0 Å². The molecule has 0 amide bonds. The second-order valence-electron chi connectivity index (χ2n) is 16.0. The van der Waals surface area contributed by atoms with E-state index in [1.54, 1.807) is 0 Å². The normalized spacial score (nSPS) is 11.3. The molecule has 0 aliphatic carbocycles. The number of carbonyl (C=O) groups is 3. The minimum atomic E-state index is -0.756. The van der Waals surface area contributed by atoms with Crippen LogP contribution in [0.25, 0.3) is 0 Å². The van der Waals surface area contributed by atoms with Gasteiger partial charge in [-0.1, -0.05) is 226 Å². The third kappa shape index (κ3) is 41.4. The van der Waals surface area contributed by atoms with Crippen LogP contribution in [0.1, 0.15) is 265 Å². The lowest BCUT2D eigenvalue weighted by molar-refractivity contribution is -0.167. The second-order valence-corrected chi connectivity index (χ2v) is 16.0. The highest BCUT2D eigenvalue weighted by Gasteiger charge is 2.19. The Labute approximate surface area is 329 Å². The highest BCUT2D eigenvalue weighted by molar-refractivity contribution is 5.71. The Bertz CT molecular complexity index is 733. The Morgan fingerprint density at radius 3 is 0.755 bits per heavy atom. The molecule has 0 aromatic carbocycles. The highest BCUT2D eigenvalue weighted by Crippen LogP contribution is 2.16. The third-order valence-electron chi connectivity index (χ3n) is 10.6. The highest BCUT2D eigenvalue weighted by atomic mass is 16.6. The summed E-state index contributed by atoms with van der Waals surface area (Å²) in [6.45, 7) is 6.58. The molecule has 0 rings (SSSR count). The first-order valence-corrected chi connectivity index (χ1v) is 23.5. The monoisotopic (exact) mass is 753 g/mol. The zero-order chi connectivity index (χ0) is 38.7. The van der Waals surface area contributed by atoms with E-state index in [2.05, 4.69) is 20.8 Å². The van der Waals surface area contributed by atoms with E-state index < -0.39 is 6.10 Å². The predicted octanol–water partition coefficient (Wildman–Crippen LogP) is 14.9. The van der Waals surface area contributed by atoms with Gasteiger partial charge in [0.25, 0.3) is 0 Å². The van der Waals surface area contributed by atoms with E-state index >= 15 is 0 Å². The van der Waals surface area contributed by atoms with Crippen molar-refractivity contribution in [1.82, 2.24) is 0 Å². The Balaban J connectivity index is 4.10. The Kier molecular flexibility index (Phi) is 41.8. The van der Waals surface area contributed by atoms with Gasteiger partial charge in [-0.05, 0) is 19.3 Å². The molecule has 0 N–H and O–H groups in total. The van der Waals surface area contributed by atoms with Gasteiger partial charge >= 0.3 is 17.9 Å². The quantitative estimate of drug-likeness (QED) is 0.0267. The van der Waals surface area contributed by atoms with Gasteiger partial charge in [-0.15, -0.1) is 0 Å². The Morgan fingerprint density at radius 1 is 0.302 bits per heavy atom. The van der Waals surface area contributed by atoms with Crippen LogP contribution in [0.15, 0.2) is 0 Å². The lowest BCUT2D eigenvalue weighted by atomic mass is 10.0. The zero-order valence-corrected chi connectivity index (χ0v) is 35.8. The number of ether oxygens (including phenoxy) is 3. The maximum absolute atomic E-state index is 12.5. The zero-order valence-electron chi connectivity index (χ0n) is 35.8. The van der Waals surface area contributed by atoms with E-state index in [1.807, 2.05) is 0 Å². The van der Waals surface area contributed by atoms with E-state index in [4.69, 9.17) is 14.2 Å². The summed E-state index contributed by atoms with van der Waals surface area (Å²) < 4.78 is 16.6. The average Bonchev–Trinajstić information content (AvgIpc) is 3.15. The molecule has 0 unspecified atom stereocenters. The molecule has 0 aliphatic rings. The summed E-state index contributed by atoms with van der Waals surface area (Å²) in [7, 11) is 0. The molecule has 0 saturated heterocycles. The molecule has 314 valence electrons. The maximum Gasteiger partial charge on any atom is 0.306 e. The molecule has 0 fully saturated rings. The molecular weight excluding hydrogens is 662 g/mol. The largest absolute Gasteiger partial charge is 0.462 e. The fourth-order valence-corrected chi connectivity index (χ4v) is 7.03. The fourth-order valence-electron chi connectivity index (χ4n) is 7.03. The maximum atomic E-state index is 12.5. The van der Waals surface area contributed by atoms with Crippen LogP contribution < -0.4 is 0 Å². The molecular formula is C47H90O6. The van der Waals surface area contributed by atoms with Gasteiger partial charge < -0.3 is 14.2 Å². The van der Waals surface area contributed by atoms with Crippen molar-refractivity contribution >= 4 is 17.9 Å². The van der Waals surface area contributed by atoms with Crippen LogP contribution in [0.5, 0.6) is 0 Å². The average molecular weight is 753 g/mol. The molecule has 0 saturated carbocycles. The van der Waals surface area contributed by atoms with Crippen molar-refractivity contribution in [2.24, 2.45) is 0 Å². The van der Waals surface area contributed by atoms with Crippen molar-refractivity contribution in [3.05, 3.63) is 0 Å². The van der Waals surface area contributed by atoms with Crippen LogP contribution in [0.3, 0.4) is 0 Å². The SMILES string of the molecule is CCCCCCCCCCCCCCCC[13CH2]C(=O)OCC(COC(=O)[13CH2]CCCCCCCCCCCCCCCC)OC(=O)CCCCCCC. The molecule has 6 heteroatoms. The van der Waals surface area contributed by atoms with Crippen LogP contribution in [0, 0.1) is 0 Å². The van der Waals surface area contributed by atoms with E-state index in [0.29, 0.717) is 19.3 Å². The molecule has 6 nitrogen and oxygen atoms in total. The van der Waals surface area contributed by atoms with Gasteiger partial charge in [-0.2, -0.15) is 0 Å². The van der Waals surface area contributed by atoms with Crippen molar-refractivity contribution < 1.29 is 28.6 Å². The first kappa shape index (κ1) is 51.4. The lowest BCUT2D eigenvalue weighted by Crippen LogP contribution is -2.30. The molecule has 0 bridgehead atoms. The van der Waals surface area contributed by atoms with Crippen molar-refractivity contribution in [2.45, 2.75) is 271 Å². The van der Waals surface area contributed by atoms with E-state index in [9.17, 15) is 14.4 Å². The lowest BCUT2D eigenvalue weighted by Gasteiger charge is -2.18. The number of rotatable bonds is 43. The number of carbonyl (C=O) groups excluding carboxylic acids is 3. The molecule has 0 heterocycles. The summed E-state index contributed by atoms with van der Waals surface area (Å²) in [6, 6.07) is 0. The Morgan fingerprint density at radius 2 is 0.509 bits per heavy atom.